The highest BCUT2D eigenvalue weighted by molar-refractivity contribution is 7.47. The Morgan fingerprint density at radius 3 is 0.745 bits per heavy atom. The van der Waals surface area contributed by atoms with Crippen LogP contribution in [0.4, 0.5) is 0 Å². The summed E-state index contributed by atoms with van der Waals surface area (Å²) in [4.78, 5) is 73.1. The van der Waals surface area contributed by atoms with E-state index in [0.29, 0.717) is 25.7 Å². The van der Waals surface area contributed by atoms with E-state index in [4.69, 9.17) is 37.0 Å². The Kier molecular flexibility index (Phi) is 73.1. The Balaban J connectivity index is 5.22. The van der Waals surface area contributed by atoms with Gasteiger partial charge in [-0.15, -0.1) is 0 Å². The van der Waals surface area contributed by atoms with Gasteiger partial charge in [-0.3, -0.25) is 37.3 Å². The summed E-state index contributed by atoms with van der Waals surface area (Å²) in [5.41, 5.74) is 0. The summed E-state index contributed by atoms with van der Waals surface area (Å²) in [6, 6.07) is 0. The summed E-state index contributed by atoms with van der Waals surface area (Å²) in [6.07, 6.45) is 65.1. The second-order valence-electron chi connectivity index (χ2n) is 30.6. The highest BCUT2D eigenvalue weighted by Gasteiger charge is 2.30. The zero-order valence-electron chi connectivity index (χ0n) is 66.9. The number of carbonyl (C=O) groups excluding carboxylic acids is 4. The minimum atomic E-state index is -4.96. The first-order valence-corrected chi connectivity index (χ1v) is 46.0. The van der Waals surface area contributed by atoms with Gasteiger partial charge in [0, 0.05) is 25.7 Å². The van der Waals surface area contributed by atoms with Crippen molar-refractivity contribution < 1.29 is 80.2 Å². The van der Waals surface area contributed by atoms with Gasteiger partial charge in [-0.1, -0.05) is 388 Å². The summed E-state index contributed by atoms with van der Waals surface area (Å²) < 4.78 is 68.8. The van der Waals surface area contributed by atoms with E-state index in [2.05, 4.69) is 41.5 Å². The van der Waals surface area contributed by atoms with Crippen LogP contribution in [0.3, 0.4) is 0 Å². The molecule has 0 saturated carbocycles. The molecule has 0 bridgehead atoms. The number of esters is 4. The first-order valence-electron chi connectivity index (χ1n) is 43.0. The Morgan fingerprint density at radius 2 is 0.500 bits per heavy atom. The number of phosphoric acid groups is 2. The maximum Gasteiger partial charge on any atom is 0.472 e. The third-order valence-electron chi connectivity index (χ3n) is 19.8. The van der Waals surface area contributed by atoms with Crippen LogP contribution >= 0.6 is 15.6 Å². The van der Waals surface area contributed by atoms with Gasteiger partial charge in [0.25, 0.3) is 0 Å². The second kappa shape index (κ2) is 74.5. The van der Waals surface area contributed by atoms with E-state index in [1.807, 2.05) is 0 Å². The van der Waals surface area contributed by atoms with E-state index in [1.165, 1.54) is 257 Å². The Morgan fingerprint density at radius 1 is 0.284 bits per heavy atom. The van der Waals surface area contributed by atoms with E-state index < -0.39 is 97.5 Å². The third-order valence-corrected chi connectivity index (χ3v) is 21.7. The average Bonchev–Trinajstić information content (AvgIpc) is 0.961. The molecular weight excluding hydrogens is 1330 g/mol. The smallest absolute Gasteiger partial charge is 0.462 e. The molecule has 0 aromatic carbocycles. The molecule has 19 heteroatoms. The van der Waals surface area contributed by atoms with E-state index >= 15 is 0 Å². The van der Waals surface area contributed by atoms with Crippen LogP contribution in [0.5, 0.6) is 0 Å². The second-order valence-corrected chi connectivity index (χ2v) is 33.5. The molecule has 3 N–H and O–H groups in total. The molecule has 0 spiro atoms. The minimum Gasteiger partial charge on any atom is -0.462 e. The summed E-state index contributed by atoms with van der Waals surface area (Å²) in [5.74, 6) is -0.469. The van der Waals surface area contributed by atoms with Gasteiger partial charge >= 0.3 is 39.5 Å². The molecule has 606 valence electrons. The fourth-order valence-electron chi connectivity index (χ4n) is 12.9. The van der Waals surface area contributed by atoms with Crippen LogP contribution in [0.15, 0.2) is 0 Å². The Bertz CT molecular complexity index is 1960. The number of aliphatic hydroxyl groups is 1. The standard InChI is InChI=1S/C83H162O17P2/c1-7-10-12-14-16-18-19-20-21-22-23-24-25-32-37-43-49-55-61-67-82(87)100-79(72-94-81(86)66-60-54-48-42-36-31-27-26-30-35-41-46-52-58-64-76(6)9-3)74-98-102(91,92)96-70-77(84)69-95-101(89,90)97-73-78(71-93-80(85)65-59-53-47-39-17-15-13-11-8-2)99-83(88)68-62-56-50-44-38-33-28-29-34-40-45-51-57-63-75(4)5/h75-79,84H,7-74H2,1-6H3,(H,89,90)(H,91,92)/t76?,77-,78+,79+/m0/s1. The van der Waals surface area contributed by atoms with Gasteiger partial charge in [0.15, 0.2) is 12.2 Å². The first kappa shape index (κ1) is 100. The first-order chi connectivity index (χ1) is 49.4. The van der Waals surface area contributed by atoms with Gasteiger partial charge in [0.1, 0.15) is 19.3 Å². The lowest BCUT2D eigenvalue weighted by molar-refractivity contribution is -0.161. The molecule has 0 heterocycles. The predicted octanol–water partition coefficient (Wildman–Crippen LogP) is 25.1. The van der Waals surface area contributed by atoms with Crippen LogP contribution in [0.1, 0.15) is 440 Å². The topological polar surface area (TPSA) is 237 Å². The number of unbranched alkanes of at least 4 members (excludes halogenated alkanes) is 51. The fraction of sp³-hybridized carbons (Fsp3) is 0.952. The van der Waals surface area contributed by atoms with E-state index in [-0.39, 0.29) is 25.7 Å². The Labute approximate surface area is 626 Å². The van der Waals surface area contributed by atoms with Gasteiger partial charge in [0.05, 0.1) is 26.4 Å². The van der Waals surface area contributed by atoms with Crippen LogP contribution in [-0.4, -0.2) is 96.7 Å². The summed E-state index contributed by atoms with van der Waals surface area (Å²) in [6.45, 7) is 9.71. The molecule has 0 aliphatic carbocycles. The van der Waals surface area contributed by atoms with Crippen LogP contribution < -0.4 is 0 Å². The number of ether oxygens (including phenoxy) is 4. The minimum absolute atomic E-state index is 0.107. The number of carbonyl (C=O) groups is 4. The molecule has 0 fully saturated rings. The number of rotatable bonds is 82. The van der Waals surface area contributed by atoms with Crippen molar-refractivity contribution in [3.63, 3.8) is 0 Å². The lowest BCUT2D eigenvalue weighted by Crippen LogP contribution is -2.30. The monoisotopic (exact) mass is 1490 g/mol. The number of aliphatic hydroxyl groups excluding tert-OH is 1. The molecule has 0 saturated heterocycles. The van der Waals surface area contributed by atoms with Gasteiger partial charge < -0.3 is 33.8 Å². The van der Waals surface area contributed by atoms with Crippen molar-refractivity contribution in [3.8, 4) is 0 Å². The van der Waals surface area contributed by atoms with Crippen LogP contribution in [0.25, 0.3) is 0 Å². The number of phosphoric ester groups is 2. The number of hydrogen-bond donors (Lipinski definition) is 3. The summed E-state index contributed by atoms with van der Waals surface area (Å²) in [5, 5.41) is 10.7. The molecule has 0 rings (SSSR count). The molecule has 0 amide bonds. The normalized spacial score (nSPS) is 14.1. The average molecular weight is 1490 g/mol. The molecule has 0 aliphatic heterocycles. The summed E-state index contributed by atoms with van der Waals surface area (Å²) >= 11 is 0. The van der Waals surface area contributed by atoms with Crippen LogP contribution in [0.2, 0.25) is 0 Å². The van der Waals surface area contributed by atoms with Gasteiger partial charge in [-0.25, -0.2) is 9.13 Å². The van der Waals surface area contributed by atoms with Crippen molar-refractivity contribution in [2.24, 2.45) is 11.8 Å². The molecule has 6 atom stereocenters. The van der Waals surface area contributed by atoms with Crippen molar-refractivity contribution in [2.45, 2.75) is 458 Å². The largest absolute Gasteiger partial charge is 0.472 e. The molecule has 0 aliphatic rings. The van der Waals surface area contributed by atoms with Crippen molar-refractivity contribution in [1.29, 1.82) is 0 Å². The lowest BCUT2D eigenvalue weighted by Gasteiger charge is -2.21. The third kappa shape index (κ3) is 74.9. The molecule has 0 aromatic rings. The van der Waals surface area contributed by atoms with Gasteiger partial charge in [-0.2, -0.15) is 0 Å². The molecule has 0 aromatic heterocycles. The maximum atomic E-state index is 13.1. The zero-order valence-corrected chi connectivity index (χ0v) is 68.7. The van der Waals surface area contributed by atoms with Crippen LogP contribution in [-0.2, 0) is 65.4 Å². The molecular formula is C83H162O17P2. The maximum absolute atomic E-state index is 13.1. The highest BCUT2D eigenvalue weighted by Crippen LogP contribution is 2.45. The SMILES string of the molecule is CCCCCCCCCCCCCCCCCCCCCC(=O)O[C@H](COC(=O)CCCCCCCCCCCCCCCCC(C)CC)COP(=O)(O)OC[C@@H](O)COP(=O)(O)OC[C@@H](COC(=O)CCCCCCCCCCC)OC(=O)CCCCCCCCCCCCCCCC(C)C. The molecule has 3 unspecified atom stereocenters. The van der Waals surface area contributed by atoms with E-state index in [9.17, 15) is 43.2 Å². The van der Waals surface area contributed by atoms with Crippen LogP contribution in [0, 0.1) is 11.8 Å². The molecule has 17 nitrogen and oxygen atoms in total. The summed E-state index contributed by atoms with van der Waals surface area (Å²) in [7, 11) is -9.92. The van der Waals surface area contributed by atoms with Crippen molar-refractivity contribution in [2.75, 3.05) is 39.6 Å². The predicted molar refractivity (Wildman–Crippen MR) is 418 cm³/mol. The van der Waals surface area contributed by atoms with Crippen molar-refractivity contribution in [1.82, 2.24) is 0 Å². The lowest BCUT2D eigenvalue weighted by atomic mass is 9.99. The van der Waals surface area contributed by atoms with Crippen molar-refractivity contribution in [3.05, 3.63) is 0 Å². The fourth-order valence-corrected chi connectivity index (χ4v) is 14.4. The van der Waals surface area contributed by atoms with E-state index in [1.54, 1.807) is 0 Å². The highest BCUT2D eigenvalue weighted by atomic mass is 31.2. The molecule has 102 heavy (non-hydrogen) atoms. The number of hydrogen-bond acceptors (Lipinski definition) is 15. The van der Waals surface area contributed by atoms with Gasteiger partial charge in [-0.05, 0) is 37.5 Å². The van der Waals surface area contributed by atoms with Gasteiger partial charge in [0.2, 0.25) is 0 Å². The Hall–Kier alpha value is -1.94. The zero-order chi connectivity index (χ0) is 74.9. The van der Waals surface area contributed by atoms with E-state index in [0.717, 1.165) is 102 Å². The molecule has 0 radical (unpaired) electrons. The quantitative estimate of drug-likeness (QED) is 0.0222. The van der Waals surface area contributed by atoms with Crippen molar-refractivity contribution >= 4 is 39.5 Å².